The number of likely N-dealkylation sites (tertiary alicyclic amines) is 1. The first kappa shape index (κ1) is 15.7. The van der Waals surface area contributed by atoms with Crippen molar-refractivity contribution in [3.63, 3.8) is 0 Å². The van der Waals surface area contributed by atoms with Crippen molar-refractivity contribution in [3.8, 4) is 0 Å². The molecule has 1 N–H and O–H groups in total. The molecule has 1 saturated heterocycles. The molecular formula is C18H29N3O. The summed E-state index contributed by atoms with van der Waals surface area (Å²) in [4.78, 5) is 19.4. The van der Waals surface area contributed by atoms with Crippen molar-refractivity contribution in [3.05, 3.63) is 12.2 Å². The van der Waals surface area contributed by atoms with Gasteiger partial charge in [-0.2, -0.15) is 0 Å². The Labute approximate surface area is 134 Å². The van der Waals surface area contributed by atoms with Crippen LogP contribution in [0.5, 0.6) is 0 Å². The number of allylic oxidation sites excluding steroid dienone is 1. The number of carbonyl (C=O) groups excluding carboxylic acids is 1. The van der Waals surface area contributed by atoms with Gasteiger partial charge in [-0.15, -0.1) is 0 Å². The second kappa shape index (κ2) is 5.80. The summed E-state index contributed by atoms with van der Waals surface area (Å²) < 4.78 is 0. The molecule has 0 spiro atoms. The minimum atomic E-state index is -0.0766. The number of amides is 1. The Kier molecular flexibility index (Phi) is 4.15. The van der Waals surface area contributed by atoms with Crippen molar-refractivity contribution in [2.24, 2.45) is 16.3 Å². The Morgan fingerprint density at radius 1 is 1.27 bits per heavy atom. The molecule has 0 bridgehead atoms. The highest BCUT2D eigenvalue weighted by Gasteiger charge is 2.52. The molecule has 22 heavy (non-hydrogen) atoms. The van der Waals surface area contributed by atoms with Crippen LogP contribution < -0.4 is 5.32 Å². The topological polar surface area (TPSA) is 44.7 Å². The molecule has 122 valence electrons. The Bertz CT molecular complexity index is 481. The van der Waals surface area contributed by atoms with E-state index in [0.29, 0.717) is 17.9 Å². The van der Waals surface area contributed by atoms with Crippen molar-refractivity contribution >= 4 is 12.1 Å². The molecule has 1 saturated carbocycles. The van der Waals surface area contributed by atoms with Gasteiger partial charge >= 0.3 is 0 Å². The summed E-state index contributed by atoms with van der Waals surface area (Å²) in [5.41, 5.74) is 0.357. The molecule has 2 atom stereocenters. The highest BCUT2D eigenvalue weighted by atomic mass is 16.2. The zero-order valence-corrected chi connectivity index (χ0v) is 14.1. The molecule has 0 radical (unpaired) electrons. The van der Waals surface area contributed by atoms with Crippen LogP contribution in [-0.2, 0) is 4.79 Å². The van der Waals surface area contributed by atoms with Crippen LogP contribution >= 0.6 is 0 Å². The number of piperidine rings is 1. The van der Waals surface area contributed by atoms with Gasteiger partial charge in [0.15, 0.2) is 0 Å². The maximum Gasteiger partial charge on any atom is 0.234 e. The van der Waals surface area contributed by atoms with Crippen LogP contribution in [0, 0.1) is 11.3 Å². The largest absolute Gasteiger partial charge is 0.347 e. The predicted molar refractivity (Wildman–Crippen MR) is 90.1 cm³/mol. The molecule has 3 aliphatic rings. The van der Waals surface area contributed by atoms with E-state index in [2.05, 4.69) is 42.1 Å². The van der Waals surface area contributed by atoms with Gasteiger partial charge < -0.3 is 5.32 Å². The lowest BCUT2D eigenvalue weighted by Gasteiger charge is -2.37. The molecule has 4 heteroatoms. The van der Waals surface area contributed by atoms with E-state index in [1.807, 2.05) is 12.3 Å². The van der Waals surface area contributed by atoms with Crippen LogP contribution in [0.3, 0.4) is 0 Å². The number of nitrogens with one attached hydrogen (secondary N) is 1. The average molecular weight is 303 g/mol. The lowest BCUT2D eigenvalue weighted by Crippen LogP contribution is -2.51. The number of nitrogens with zero attached hydrogens (tertiary/aromatic N) is 2. The van der Waals surface area contributed by atoms with Crippen molar-refractivity contribution in [1.29, 1.82) is 0 Å². The maximum absolute atomic E-state index is 12.5. The van der Waals surface area contributed by atoms with E-state index < -0.39 is 0 Å². The molecule has 2 fully saturated rings. The molecule has 1 amide bonds. The quantitative estimate of drug-likeness (QED) is 0.867. The summed E-state index contributed by atoms with van der Waals surface area (Å²) >= 11 is 0. The van der Waals surface area contributed by atoms with Crippen LogP contribution in [0.25, 0.3) is 0 Å². The van der Waals surface area contributed by atoms with Crippen molar-refractivity contribution < 1.29 is 4.79 Å². The normalized spacial score (nSPS) is 32.7. The SMILES string of the molecule is CC1C=CC=NC1C1(NC(=O)CN2CCC(C)(C)CC2)CC1. The highest BCUT2D eigenvalue weighted by Crippen LogP contribution is 2.44. The Hall–Kier alpha value is -1.16. The summed E-state index contributed by atoms with van der Waals surface area (Å²) in [5.74, 6) is 0.581. The van der Waals surface area contributed by atoms with E-state index in [4.69, 9.17) is 0 Å². The first-order valence-corrected chi connectivity index (χ1v) is 8.64. The number of rotatable bonds is 4. The van der Waals surface area contributed by atoms with Crippen LogP contribution in [-0.4, -0.2) is 48.2 Å². The highest BCUT2D eigenvalue weighted by molar-refractivity contribution is 5.80. The maximum atomic E-state index is 12.5. The number of dihydropyridines is 1. The molecule has 1 aliphatic carbocycles. The van der Waals surface area contributed by atoms with Gasteiger partial charge in [-0.3, -0.25) is 14.7 Å². The number of aliphatic imine (C=N–C) groups is 1. The molecule has 2 heterocycles. The van der Waals surface area contributed by atoms with E-state index in [-0.39, 0.29) is 17.5 Å². The third kappa shape index (κ3) is 3.43. The number of hydrogen-bond acceptors (Lipinski definition) is 3. The number of carbonyl (C=O) groups is 1. The standard InChI is InChI=1S/C18H29N3O/c1-14-5-4-10-19-16(14)18(6-7-18)20-15(22)13-21-11-8-17(2,3)9-12-21/h4-5,10,14,16H,6-9,11-13H2,1-3H3,(H,20,22). The third-order valence-corrected chi connectivity index (χ3v) is 5.57. The Morgan fingerprint density at radius 3 is 2.55 bits per heavy atom. The minimum Gasteiger partial charge on any atom is -0.347 e. The monoisotopic (exact) mass is 303 g/mol. The second-order valence-corrected chi connectivity index (χ2v) is 8.13. The van der Waals surface area contributed by atoms with Crippen molar-refractivity contribution in [2.45, 2.75) is 58.0 Å². The molecule has 2 aliphatic heterocycles. The van der Waals surface area contributed by atoms with Gasteiger partial charge in [0.2, 0.25) is 5.91 Å². The van der Waals surface area contributed by atoms with E-state index >= 15 is 0 Å². The summed E-state index contributed by atoms with van der Waals surface area (Å²) in [6.45, 7) is 9.44. The molecule has 2 unspecified atom stereocenters. The summed E-state index contributed by atoms with van der Waals surface area (Å²) in [5, 5.41) is 3.31. The van der Waals surface area contributed by atoms with Crippen LogP contribution in [0.1, 0.15) is 46.5 Å². The van der Waals surface area contributed by atoms with Gasteiger partial charge in [0.25, 0.3) is 0 Å². The first-order chi connectivity index (χ1) is 10.4. The van der Waals surface area contributed by atoms with Gasteiger partial charge in [0.1, 0.15) is 0 Å². The van der Waals surface area contributed by atoms with Crippen LogP contribution in [0.2, 0.25) is 0 Å². The second-order valence-electron chi connectivity index (χ2n) is 8.13. The van der Waals surface area contributed by atoms with Gasteiger partial charge in [-0.1, -0.05) is 26.8 Å². The van der Waals surface area contributed by atoms with E-state index in [0.717, 1.165) is 25.9 Å². The fraction of sp³-hybridized carbons (Fsp3) is 0.778. The zero-order chi connectivity index (χ0) is 15.8. The lowest BCUT2D eigenvalue weighted by molar-refractivity contribution is -0.124. The van der Waals surface area contributed by atoms with Gasteiger partial charge in [0.05, 0.1) is 18.1 Å². The van der Waals surface area contributed by atoms with Crippen molar-refractivity contribution in [2.75, 3.05) is 19.6 Å². The van der Waals surface area contributed by atoms with Gasteiger partial charge in [-0.25, -0.2) is 0 Å². The predicted octanol–water partition coefficient (Wildman–Crippen LogP) is 2.40. The first-order valence-electron chi connectivity index (χ1n) is 8.64. The molecule has 0 aromatic heterocycles. The van der Waals surface area contributed by atoms with E-state index in [1.54, 1.807) is 0 Å². The molecule has 4 nitrogen and oxygen atoms in total. The smallest absolute Gasteiger partial charge is 0.234 e. The van der Waals surface area contributed by atoms with E-state index in [9.17, 15) is 4.79 Å². The average Bonchev–Trinajstić information content (AvgIpc) is 3.22. The van der Waals surface area contributed by atoms with Crippen molar-refractivity contribution in [1.82, 2.24) is 10.2 Å². The fourth-order valence-corrected chi connectivity index (χ4v) is 3.72. The Morgan fingerprint density at radius 2 is 1.95 bits per heavy atom. The van der Waals surface area contributed by atoms with E-state index in [1.165, 1.54) is 12.8 Å². The summed E-state index contributed by atoms with van der Waals surface area (Å²) in [6.07, 6.45) is 10.6. The number of hydrogen-bond donors (Lipinski definition) is 1. The molecule has 3 rings (SSSR count). The van der Waals surface area contributed by atoms with Gasteiger partial charge in [-0.05, 0) is 56.2 Å². The molecule has 0 aromatic rings. The van der Waals surface area contributed by atoms with Crippen LogP contribution in [0.15, 0.2) is 17.1 Å². The third-order valence-electron chi connectivity index (χ3n) is 5.57. The molecular weight excluding hydrogens is 274 g/mol. The van der Waals surface area contributed by atoms with Gasteiger partial charge in [0, 0.05) is 6.21 Å². The zero-order valence-electron chi connectivity index (χ0n) is 14.1. The molecule has 0 aromatic carbocycles. The fourth-order valence-electron chi connectivity index (χ4n) is 3.72. The minimum absolute atomic E-state index is 0.0766. The van der Waals surface area contributed by atoms with Crippen LogP contribution in [0.4, 0.5) is 0 Å². The lowest BCUT2D eigenvalue weighted by atomic mass is 9.83. The summed E-state index contributed by atoms with van der Waals surface area (Å²) in [6, 6.07) is 0.210. The Balaban J connectivity index is 1.52. The summed E-state index contributed by atoms with van der Waals surface area (Å²) in [7, 11) is 0.